The van der Waals surface area contributed by atoms with Gasteiger partial charge in [-0.25, -0.2) is 4.98 Å². The molecule has 0 atom stereocenters. The molecule has 1 fully saturated rings. The van der Waals surface area contributed by atoms with Crippen molar-refractivity contribution in [3.8, 4) is 0 Å². The number of nitrogens with zero attached hydrogens (tertiary/aromatic N) is 4. The molecule has 1 aliphatic rings. The molecule has 3 rings (SSSR count). The number of rotatable bonds is 5. The van der Waals surface area contributed by atoms with Crippen LogP contribution in [0.25, 0.3) is 11.7 Å². The van der Waals surface area contributed by atoms with Gasteiger partial charge < -0.3 is 10.0 Å². The van der Waals surface area contributed by atoms with E-state index in [1.807, 2.05) is 6.92 Å². The van der Waals surface area contributed by atoms with E-state index in [4.69, 9.17) is 12.2 Å². The molecule has 1 saturated heterocycles. The third-order valence-corrected chi connectivity index (χ3v) is 5.39. The van der Waals surface area contributed by atoms with Gasteiger partial charge in [-0.1, -0.05) is 30.0 Å². The van der Waals surface area contributed by atoms with Gasteiger partial charge >= 0.3 is 0 Å². The third kappa shape index (κ3) is 3.25. The highest BCUT2D eigenvalue weighted by Crippen LogP contribution is 2.33. The van der Waals surface area contributed by atoms with Crippen LogP contribution in [0.3, 0.4) is 0 Å². The zero-order valence-corrected chi connectivity index (χ0v) is 16.0. The van der Waals surface area contributed by atoms with Crippen LogP contribution in [0.2, 0.25) is 0 Å². The normalized spacial score (nSPS) is 16.1. The number of likely N-dealkylation sites (N-methyl/N-ethyl adjacent to an activating group) is 2. The fraction of sp³-hybridized carbons (Fsp3) is 0.294. The molecule has 9 heteroatoms. The van der Waals surface area contributed by atoms with E-state index in [0.29, 0.717) is 39.3 Å². The fourth-order valence-electron chi connectivity index (χ4n) is 2.67. The Morgan fingerprint density at radius 2 is 2.15 bits per heavy atom. The Morgan fingerprint density at radius 3 is 2.81 bits per heavy atom. The minimum atomic E-state index is -0.280. The molecule has 0 bridgehead atoms. The minimum Gasteiger partial charge on any atom is -0.395 e. The molecule has 7 nitrogen and oxygen atoms in total. The minimum absolute atomic E-state index is 0.0796. The molecule has 1 aliphatic heterocycles. The summed E-state index contributed by atoms with van der Waals surface area (Å²) in [5, 5.41) is 9.25. The van der Waals surface area contributed by atoms with E-state index in [2.05, 4.69) is 4.98 Å². The summed E-state index contributed by atoms with van der Waals surface area (Å²) < 4.78 is 1.91. The predicted octanol–water partition coefficient (Wildman–Crippen LogP) is 1.34. The zero-order chi connectivity index (χ0) is 18.8. The number of hydrogen-bond acceptors (Lipinski definition) is 7. The molecule has 1 amide bonds. The van der Waals surface area contributed by atoms with Crippen molar-refractivity contribution in [1.82, 2.24) is 14.3 Å². The van der Waals surface area contributed by atoms with Crippen LogP contribution in [0.15, 0.2) is 34.1 Å². The Bertz CT molecular complexity index is 970. The van der Waals surface area contributed by atoms with E-state index in [-0.39, 0.29) is 18.1 Å². The number of fused-ring (bicyclic) bond motifs is 1. The summed E-state index contributed by atoms with van der Waals surface area (Å²) in [6, 6.07) is 5.27. The van der Waals surface area contributed by atoms with E-state index in [0.717, 1.165) is 0 Å². The van der Waals surface area contributed by atoms with Gasteiger partial charge in [0.1, 0.15) is 15.8 Å². The van der Waals surface area contributed by atoms with Crippen LogP contribution in [-0.4, -0.2) is 56.4 Å². The van der Waals surface area contributed by atoms with Crippen LogP contribution >= 0.6 is 24.0 Å². The number of thioether (sulfide) groups is 1. The van der Waals surface area contributed by atoms with Gasteiger partial charge in [0.25, 0.3) is 11.5 Å². The number of amides is 1. The summed E-state index contributed by atoms with van der Waals surface area (Å²) in [6.07, 6.45) is 3.18. The maximum atomic E-state index is 13.0. The zero-order valence-electron chi connectivity index (χ0n) is 14.4. The van der Waals surface area contributed by atoms with Gasteiger partial charge in [0, 0.05) is 26.3 Å². The molecule has 0 saturated carbocycles. The molecular weight excluding hydrogens is 372 g/mol. The second-order valence-electron chi connectivity index (χ2n) is 5.65. The van der Waals surface area contributed by atoms with Gasteiger partial charge in [0.05, 0.1) is 17.1 Å². The van der Waals surface area contributed by atoms with E-state index in [1.165, 1.54) is 21.1 Å². The second-order valence-corrected chi connectivity index (χ2v) is 7.33. The number of pyridine rings is 1. The molecule has 0 radical (unpaired) electrons. The van der Waals surface area contributed by atoms with Gasteiger partial charge in [0.2, 0.25) is 0 Å². The number of carbonyl (C=O) groups is 1. The lowest BCUT2D eigenvalue weighted by Gasteiger charge is -2.19. The Morgan fingerprint density at radius 1 is 1.38 bits per heavy atom. The van der Waals surface area contributed by atoms with Gasteiger partial charge in [0.15, 0.2) is 0 Å². The first-order valence-electron chi connectivity index (χ1n) is 8.06. The quantitative estimate of drug-likeness (QED) is 0.610. The average molecular weight is 390 g/mol. The highest BCUT2D eigenvalue weighted by molar-refractivity contribution is 8.26. The van der Waals surface area contributed by atoms with Crippen molar-refractivity contribution in [1.29, 1.82) is 0 Å². The average Bonchev–Trinajstić information content (AvgIpc) is 2.90. The Kier molecular flexibility index (Phi) is 5.40. The SMILES string of the molecule is CCN1C(=O)/C(=C\c2c(N(C)CCO)nc3ccccn3c2=O)SC1=S. The fourth-order valence-corrected chi connectivity index (χ4v) is 4.03. The lowest BCUT2D eigenvalue weighted by atomic mass is 10.2. The third-order valence-electron chi connectivity index (χ3n) is 4.01. The predicted molar refractivity (Wildman–Crippen MR) is 107 cm³/mol. The molecule has 136 valence electrons. The Labute approximate surface area is 159 Å². The smallest absolute Gasteiger partial charge is 0.267 e. The summed E-state index contributed by atoms with van der Waals surface area (Å²) in [6.45, 7) is 2.56. The van der Waals surface area contributed by atoms with Crippen LogP contribution in [0.4, 0.5) is 5.82 Å². The first-order valence-corrected chi connectivity index (χ1v) is 9.29. The van der Waals surface area contributed by atoms with Crippen molar-refractivity contribution >= 4 is 51.7 Å². The number of anilines is 1. The molecule has 26 heavy (non-hydrogen) atoms. The molecule has 1 N–H and O–H groups in total. The molecule has 2 aromatic rings. The summed E-state index contributed by atoms with van der Waals surface area (Å²) >= 11 is 6.40. The van der Waals surface area contributed by atoms with Crippen LogP contribution in [0.1, 0.15) is 12.5 Å². The van der Waals surface area contributed by atoms with Crippen molar-refractivity contribution in [2.45, 2.75) is 6.92 Å². The topological polar surface area (TPSA) is 78.2 Å². The van der Waals surface area contributed by atoms with Crippen molar-refractivity contribution < 1.29 is 9.90 Å². The van der Waals surface area contributed by atoms with Gasteiger partial charge in [-0.15, -0.1) is 0 Å². The molecule has 2 aromatic heterocycles. The summed E-state index contributed by atoms with van der Waals surface area (Å²) in [5.41, 5.74) is 0.508. The van der Waals surface area contributed by atoms with Crippen LogP contribution in [0.5, 0.6) is 0 Å². The first-order chi connectivity index (χ1) is 12.5. The van der Waals surface area contributed by atoms with Crippen LogP contribution in [-0.2, 0) is 4.79 Å². The van der Waals surface area contributed by atoms with Crippen LogP contribution in [0, 0.1) is 0 Å². The van der Waals surface area contributed by atoms with Gasteiger partial charge in [-0.3, -0.25) is 18.9 Å². The number of hydrogen-bond donors (Lipinski definition) is 1. The molecular formula is C17H18N4O3S2. The maximum Gasteiger partial charge on any atom is 0.267 e. The number of aliphatic hydroxyl groups is 1. The number of thiocarbonyl (C=S) groups is 1. The van der Waals surface area contributed by atoms with Gasteiger partial charge in [-0.05, 0) is 25.1 Å². The standard InChI is InChI=1S/C17H18N4O3S2/c1-3-20-16(24)12(26-17(20)25)10-11-14(19(2)8-9-22)18-13-6-4-5-7-21(13)15(11)23/h4-7,10,22H,3,8-9H2,1-2H3/b12-10+. The maximum absolute atomic E-state index is 13.0. The Hall–Kier alpha value is -2.23. The van der Waals surface area contributed by atoms with Crippen molar-refractivity contribution in [3.63, 3.8) is 0 Å². The van der Waals surface area contributed by atoms with E-state index >= 15 is 0 Å². The molecule has 3 heterocycles. The van der Waals surface area contributed by atoms with Gasteiger partial charge in [-0.2, -0.15) is 0 Å². The molecule has 0 aliphatic carbocycles. The summed E-state index contributed by atoms with van der Waals surface area (Å²) in [7, 11) is 1.74. The highest BCUT2D eigenvalue weighted by Gasteiger charge is 2.31. The molecule has 0 spiro atoms. The van der Waals surface area contributed by atoms with Crippen molar-refractivity contribution in [3.05, 3.63) is 45.2 Å². The monoisotopic (exact) mass is 390 g/mol. The first kappa shape index (κ1) is 18.6. The molecule has 0 aromatic carbocycles. The van der Waals surface area contributed by atoms with E-state index in [9.17, 15) is 14.7 Å². The summed E-state index contributed by atoms with van der Waals surface area (Å²) in [4.78, 5) is 33.6. The van der Waals surface area contributed by atoms with E-state index in [1.54, 1.807) is 42.4 Å². The highest BCUT2D eigenvalue weighted by atomic mass is 32.2. The largest absolute Gasteiger partial charge is 0.395 e. The second kappa shape index (κ2) is 7.56. The van der Waals surface area contributed by atoms with Crippen molar-refractivity contribution in [2.75, 3.05) is 31.6 Å². The van der Waals surface area contributed by atoms with Crippen molar-refractivity contribution in [2.24, 2.45) is 0 Å². The Balaban J connectivity index is 2.21. The van der Waals surface area contributed by atoms with Crippen LogP contribution < -0.4 is 10.5 Å². The number of aliphatic hydroxyl groups excluding tert-OH is 1. The number of carbonyl (C=O) groups excluding carboxylic acids is 1. The lowest BCUT2D eigenvalue weighted by molar-refractivity contribution is -0.121. The molecule has 0 unspecified atom stereocenters. The lowest BCUT2D eigenvalue weighted by Crippen LogP contribution is -2.29. The number of aromatic nitrogens is 2. The van der Waals surface area contributed by atoms with E-state index < -0.39 is 0 Å². The summed E-state index contributed by atoms with van der Waals surface area (Å²) in [5.74, 6) is 0.202.